The van der Waals surface area contributed by atoms with Gasteiger partial charge in [-0.15, -0.1) is 0 Å². The first-order valence-corrected chi connectivity index (χ1v) is 10.6. The van der Waals surface area contributed by atoms with Gasteiger partial charge in [0.15, 0.2) is 15.7 Å². The molecule has 1 aromatic heterocycles. The second kappa shape index (κ2) is 8.18. The van der Waals surface area contributed by atoms with Gasteiger partial charge in [-0.1, -0.05) is 29.6 Å². The fourth-order valence-electron chi connectivity index (χ4n) is 2.84. The Balaban J connectivity index is 1.63. The van der Waals surface area contributed by atoms with Gasteiger partial charge >= 0.3 is 11.8 Å². The number of aryl methyl sites for hydroxylation is 1. The lowest BCUT2D eigenvalue weighted by Crippen LogP contribution is -2.32. The molecule has 0 N–H and O–H groups in total. The van der Waals surface area contributed by atoms with Crippen LogP contribution in [-0.4, -0.2) is 48.2 Å². The van der Waals surface area contributed by atoms with Gasteiger partial charge in [0.1, 0.15) is 0 Å². The van der Waals surface area contributed by atoms with E-state index in [1.54, 1.807) is 4.90 Å². The molecule has 26 heavy (non-hydrogen) atoms. The number of carbonyl (C=O) groups is 1. The van der Waals surface area contributed by atoms with Gasteiger partial charge in [-0.05, 0) is 37.1 Å². The smallest absolute Gasteiger partial charge is 0.316 e. The van der Waals surface area contributed by atoms with Crippen LogP contribution in [0.3, 0.4) is 0 Å². The SMILES string of the molecule is O=C(c1nc(CCS(=O)(=O)c2ccc(Cl)cc2)no1)N1CCCCCC1. The minimum Gasteiger partial charge on any atom is -0.334 e. The Labute approximate surface area is 157 Å². The number of benzene rings is 1. The Morgan fingerprint density at radius 1 is 1.12 bits per heavy atom. The Bertz CT molecular complexity index is 856. The second-order valence-corrected chi connectivity index (χ2v) is 8.79. The van der Waals surface area contributed by atoms with Crippen molar-refractivity contribution in [3.63, 3.8) is 0 Å². The van der Waals surface area contributed by atoms with E-state index >= 15 is 0 Å². The lowest BCUT2D eigenvalue weighted by Gasteiger charge is -2.17. The third kappa shape index (κ3) is 4.62. The van der Waals surface area contributed by atoms with Crippen LogP contribution in [0, 0.1) is 0 Å². The molecule has 0 radical (unpaired) electrons. The summed E-state index contributed by atoms with van der Waals surface area (Å²) in [5.74, 6) is -0.330. The van der Waals surface area contributed by atoms with Crippen LogP contribution < -0.4 is 0 Å². The lowest BCUT2D eigenvalue weighted by molar-refractivity contribution is 0.0711. The Hall–Kier alpha value is -1.93. The standard InChI is InChI=1S/C17H20ClN3O4S/c18-13-5-7-14(8-6-13)26(23,24)12-9-15-19-16(25-20-15)17(22)21-10-3-1-2-4-11-21/h5-8H,1-4,9-12H2. The molecule has 7 nitrogen and oxygen atoms in total. The van der Waals surface area contributed by atoms with Crippen molar-refractivity contribution in [1.82, 2.24) is 15.0 Å². The largest absolute Gasteiger partial charge is 0.334 e. The van der Waals surface area contributed by atoms with Crippen molar-refractivity contribution >= 4 is 27.3 Å². The molecular formula is C17H20ClN3O4S. The number of likely N-dealkylation sites (tertiary alicyclic amines) is 1. The van der Waals surface area contributed by atoms with E-state index in [1.807, 2.05) is 0 Å². The van der Waals surface area contributed by atoms with Crippen LogP contribution in [0.4, 0.5) is 0 Å². The monoisotopic (exact) mass is 397 g/mol. The Morgan fingerprint density at radius 2 is 1.77 bits per heavy atom. The number of amides is 1. The van der Waals surface area contributed by atoms with E-state index in [0.29, 0.717) is 18.1 Å². The molecule has 0 atom stereocenters. The van der Waals surface area contributed by atoms with Crippen molar-refractivity contribution in [2.45, 2.75) is 37.0 Å². The summed E-state index contributed by atoms with van der Waals surface area (Å²) in [6, 6.07) is 5.98. The maximum absolute atomic E-state index is 12.4. The van der Waals surface area contributed by atoms with Crippen LogP contribution in [0.2, 0.25) is 5.02 Å². The summed E-state index contributed by atoms with van der Waals surface area (Å²) < 4.78 is 29.7. The van der Waals surface area contributed by atoms with E-state index in [9.17, 15) is 13.2 Å². The van der Waals surface area contributed by atoms with Gasteiger partial charge in [0, 0.05) is 24.5 Å². The number of halogens is 1. The summed E-state index contributed by atoms with van der Waals surface area (Å²) in [7, 11) is -3.49. The summed E-state index contributed by atoms with van der Waals surface area (Å²) in [5, 5.41) is 4.22. The molecule has 0 saturated carbocycles. The average molecular weight is 398 g/mol. The highest BCUT2D eigenvalue weighted by molar-refractivity contribution is 7.91. The number of carbonyl (C=O) groups excluding carboxylic acids is 1. The van der Waals surface area contributed by atoms with Crippen molar-refractivity contribution in [2.75, 3.05) is 18.8 Å². The Kier molecular flexibility index (Phi) is 5.93. The van der Waals surface area contributed by atoms with Crippen LogP contribution in [0.5, 0.6) is 0 Å². The second-order valence-electron chi connectivity index (χ2n) is 6.24. The van der Waals surface area contributed by atoms with Gasteiger partial charge in [-0.25, -0.2) is 8.42 Å². The zero-order chi connectivity index (χ0) is 18.6. The molecule has 1 saturated heterocycles. The third-order valence-electron chi connectivity index (χ3n) is 4.31. The van der Waals surface area contributed by atoms with Gasteiger partial charge in [-0.3, -0.25) is 4.79 Å². The molecule has 1 aliphatic rings. The van der Waals surface area contributed by atoms with Gasteiger partial charge in [0.2, 0.25) is 0 Å². The number of sulfone groups is 1. The minimum absolute atomic E-state index is 0.0712. The summed E-state index contributed by atoms with van der Waals surface area (Å²) in [6.45, 7) is 1.36. The van der Waals surface area contributed by atoms with E-state index in [4.69, 9.17) is 16.1 Å². The molecule has 1 aliphatic heterocycles. The van der Waals surface area contributed by atoms with E-state index in [-0.39, 0.29) is 34.7 Å². The summed E-state index contributed by atoms with van der Waals surface area (Å²) in [4.78, 5) is 18.4. The minimum atomic E-state index is -3.49. The highest BCUT2D eigenvalue weighted by Crippen LogP contribution is 2.17. The fourth-order valence-corrected chi connectivity index (χ4v) is 4.20. The van der Waals surface area contributed by atoms with E-state index in [0.717, 1.165) is 25.7 Å². The fraction of sp³-hybridized carbons (Fsp3) is 0.471. The third-order valence-corrected chi connectivity index (χ3v) is 6.30. The molecule has 9 heteroatoms. The zero-order valence-corrected chi connectivity index (χ0v) is 15.8. The van der Waals surface area contributed by atoms with Crippen molar-refractivity contribution < 1.29 is 17.7 Å². The van der Waals surface area contributed by atoms with Crippen molar-refractivity contribution in [3.8, 4) is 0 Å². The van der Waals surface area contributed by atoms with Gasteiger partial charge in [-0.2, -0.15) is 4.98 Å². The maximum Gasteiger partial charge on any atom is 0.316 e. The van der Waals surface area contributed by atoms with Gasteiger partial charge < -0.3 is 9.42 Å². The van der Waals surface area contributed by atoms with E-state index < -0.39 is 9.84 Å². The molecule has 1 aromatic carbocycles. The van der Waals surface area contributed by atoms with Crippen LogP contribution in [-0.2, 0) is 16.3 Å². The molecule has 0 bridgehead atoms. The summed E-state index contributed by atoms with van der Waals surface area (Å²) in [5.41, 5.74) is 0. The van der Waals surface area contributed by atoms with Gasteiger partial charge in [0.25, 0.3) is 0 Å². The highest BCUT2D eigenvalue weighted by Gasteiger charge is 2.24. The Morgan fingerprint density at radius 3 is 2.42 bits per heavy atom. The van der Waals surface area contributed by atoms with E-state index in [2.05, 4.69) is 10.1 Å². The van der Waals surface area contributed by atoms with Crippen molar-refractivity contribution in [3.05, 3.63) is 41.0 Å². The molecule has 3 rings (SSSR count). The molecule has 2 aromatic rings. The number of nitrogens with zero attached hydrogens (tertiary/aromatic N) is 3. The number of hydrogen-bond donors (Lipinski definition) is 0. The average Bonchev–Trinajstić information content (AvgIpc) is 2.93. The number of rotatable bonds is 5. The first kappa shape index (κ1) is 18.8. The topological polar surface area (TPSA) is 93.4 Å². The summed E-state index contributed by atoms with van der Waals surface area (Å²) >= 11 is 5.78. The maximum atomic E-state index is 12.4. The zero-order valence-electron chi connectivity index (χ0n) is 14.2. The molecule has 0 unspecified atom stereocenters. The molecule has 1 fully saturated rings. The van der Waals surface area contributed by atoms with E-state index in [1.165, 1.54) is 24.3 Å². The van der Waals surface area contributed by atoms with Crippen LogP contribution >= 0.6 is 11.6 Å². The van der Waals surface area contributed by atoms with Crippen molar-refractivity contribution in [1.29, 1.82) is 0 Å². The first-order chi connectivity index (χ1) is 12.5. The van der Waals surface area contributed by atoms with Crippen molar-refractivity contribution in [2.24, 2.45) is 0 Å². The molecular weight excluding hydrogens is 378 g/mol. The van der Waals surface area contributed by atoms with Gasteiger partial charge in [0.05, 0.1) is 10.6 Å². The summed E-state index contributed by atoms with van der Waals surface area (Å²) in [6.07, 6.45) is 4.22. The van der Waals surface area contributed by atoms with Crippen LogP contribution in [0.25, 0.3) is 0 Å². The predicted molar refractivity (Wildman–Crippen MR) is 95.9 cm³/mol. The van der Waals surface area contributed by atoms with Crippen LogP contribution in [0.1, 0.15) is 42.2 Å². The quantitative estimate of drug-likeness (QED) is 0.770. The molecule has 1 amide bonds. The number of hydrogen-bond acceptors (Lipinski definition) is 6. The predicted octanol–water partition coefficient (Wildman–Crippen LogP) is 2.76. The highest BCUT2D eigenvalue weighted by atomic mass is 35.5. The van der Waals surface area contributed by atoms with Crippen LogP contribution in [0.15, 0.2) is 33.7 Å². The first-order valence-electron chi connectivity index (χ1n) is 8.56. The normalized spacial score (nSPS) is 15.7. The lowest BCUT2D eigenvalue weighted by atomic mass is 10.2. The molecule has 140 valence electrons. The molecule has 0 aliphatic carbocycles. The number of aromatic nitrogens is 2. The molecule has 2 heterocycles. The molecule has 0 spiro atoms.